The van der Waals surface area contributed by atoms with Gasteiger partial charge in [-0.05, 0) is 30.0 Å². The maximum atomic E-state index is 12.4. The highest BCUT2D eigenvalue weighted by molar-refractivity contribution is 5.77. The van der Waals surface area contributed by atoms with Crippen molar-refractivity contribution in [1.29, 1.82) is 0 Å². The maximum absolute atomic E-state index is 12.4. The molecule has 1 amide bonds. The number of hydrogen-bond acceptors (Lipinski definition) is 4. The average Bonchev–Trinajstić information content (AvgIpc) is 2.99. The molecule has 22 heavy (non-hydrogen) atoms. The van der Waals surface area contributed by atoms with Crippen LogP contribution in [0.15, 0.2) is 42.7 Å². The second kappa shape index (κ2) is 6.56. The Labute approximate surface area is 130 Å². The van der Waals surface area contributed by atoms with Crippen molar-refractivity contribution in [3.8, 4) is 0 Å². The number of nitrogens with one attached hydrogen (secondary N) is 1. The first-order valence-electron chi connectivity index (χ1n) is 7.60. The normalized spacial score (nSPS) is 16.1. The van der Waals surface area contributed by atoms with Crippen molar-refractivity contribution in [2.45, 2.75) is 25.3 Å². The van der Waals surface area contributed by atoms with E-state index in [1.165, 1.54) is 11.1 Å². The Balaban J connectivity index is 1.54. The van der Waals surface area contributed by atoms with Gasteiger partial charge in [-0.25, -0.2) is 9.97 Å². The van der Waals surface area contributed by atoms with E-state index in [2.05, 4.69) is 33.5 Å². The van der Waals surface area contributed by atoms with Gasteiger partial charge in [0.2, 0.25) is 11.9 Å². The highest BCUT2D eigenvalue weighted by Gasteiger charge is 2.27. The summed E-state index contributed by atoms with van der Waals surface area (Å²) in [6, 6.07) is 10.4. The van der Waals surface area contributed by atoms with Crippen LogP contribution in [0.25, 0.3) is 0 Å². The SMILES string of the molecule is CN(C(=O)CCNc1ncccn1)[C@@H]1CCc2ccccc21. The summed E-state index contributed by atoms with van der Waals surface area (Å²) in [6.07, 6.45) is 5.86. The van der Waals surface area contributed by atoms with Crippen molar-refractivity contribution in [3.63, 3.8) is 0 Å². The van der Waals surface area contributed by atoms with Gasteiger partial charge in [0.1, 0.15) is 0 Å². The van der Waals surface area contributed by atoms with E-state index in [9.17, 15) is 4.79 Å². The molecule has 0 spiro atoms. The van der Waals surface area contributed by atoms with E-state index in [0.717, 1.165) is 12.8 Å². The number of aromatic nitrogens is 2. The van der Waals surface area contributed by atoms with E-state index >= 15 is 0 Å². The van der Waals surface area contributed by atoms with Crippen LogP contribution >= 0.6 is 0 Å². The van der Waals surface area contributed by atoms with Crippen LogP contribution in [0.4, 0.5) is 5.95 Å². The molecular weight excluding hydrogens is 276 g/mol. The number of fused-ring (bicyclic) bond motifs is 1. The van der Waals surface area contributed by atoms with E-state index < -0.39 is 0 Å². The van der Waals surface area contributed by atoms with Gasteiger partial charge in [-0.1, -0.05) is 24.3 Å². The predicted octanol–water partition coefficient (Wildman–Crippen LogP) is 2.42. The Morgan fingerprint density at radius 1 is 1.27 bits per heavy atom. The number of aryl methyl sites for hydroxylation is 1. The second-order valence-corrected chi connectivity index (χ2v) is 5.51. The topological polar surface area (TPSA) is 58.1 Å². The zero-order valence-corrected chi connectivity index (χ0v) is 12.7. The van der Waals surface area contributed by atoms with Crippen molar-refractivity contribution in [1.82, 2.24) is 14.9 Å². The number of rotatable bonds is 5. The van der Waals surface area contributed by atoms with Gasteiger partial charge in [0, 0.05) is 32.4 Å². The molecule has 0 saturated carbocycles. The summed E-state index contributed by atoms with van der Waals surface area (Å²) in [5.41, 5.74) is 2.65. The van der Waals surface area contributed by atoms with Crippen molar-refractivity contribution >= 4 is 11.9 Å². The molecule has 0 aliphatic heterocycles. The Kier molecular flexibility index (Phi) is 4.32. The monoisotopic (exact) mass is 296 g/mol. The van der Waals surface area contributed by atoms with Gasteiger partial charge in [0.15, 0.2) is 0 Å². The summed E-state index contributed by atoms with van der Waals surface area (Å²) >= 11 is 0. The van der Waals surface area contributed by atoms with Crippen LogP contribution in [-0.4, -0.2) is 34.4 Å². The lowest BCUT2D eigenvalue weighted by molar-refractivity contribution is -0.131. The fourth-order valence-electron chi connectivity index (χ4n) is 2.96. The number of anilines is 1. The third kappa shape index (κ3) is 3.08. The van der Waals surface area contributed by atoms with Crippen molar-refractivity contribution in [2.24, 2.45) is 0 Å². The number of nitrogens with zero attached hydrogens (tertiary/aromatic N) is 3. The highest BCUT2D eigenvalue weighted by Crippen LogP contribution is 2.34. The molecule has 5 nitrogen and oxygen atoms in total. The smallest absolute Gasteiger partial charge is 0.224 e. The van der Waals surface area contributed by atoms with Crippen molar-refractivity contribution in [2.75, 3.05) is 18.9 Å². The Hall–Kier alpha value is -2.43. The molecule has 5 heteroatoms. The lowest BCUT2D eigenvalue weighted by Gasteiger charge is -2.25. The van der Waals surface area contributed by atoms with Crippen LogP contribution in [-0.2, 0) is 11.2 Å². The first-order valence-corrected chi connectivity index (χ1v) is 7.60. The molecule has 114 valence electrons. The molecular formula is C17H20N4O. The third-order valence-corrected chi connectivity index (χ3v) is 4.15. The lowest BCUT2D eigenvalue weighted by Crippen LogP contribution is -2.31. The van der Waals surface area contributed by atoms with E-state index in [-0.39, 0.29) is 11.9 Å². The molecule has 1 atom stereocenters. The third-order valence-electron chi connectivity index (χ3n) is 4.15. The fourth-order valence-corrected chi connectivity index (χ4v) is 2.96. The number of amides is 1. The molecule has 0 bridgehead atoms. The fraction of sp³-hybridized carbons (Fsp3) is 0.353. The van der Waals surface area contributed by atoms with Gasteiger partial charge >= 0.3 is 0 Å². The molecule has 2 aromatic rings. The van der Waals surface area contributed by atoms with Crippen molar-refractivity contribution in [3.05, 3.63) is 53.9 Å². The van der Waals surface area contributed by atoms with Crippen LogP contribution < -0.4 is 5.32 Å². The Morgan fingerprint density at radius 2 is 2.05 bits per heavy atom. The maximum Gasteiger partial charge on any atom is 0.224 e. The van der Waals surface area contributed by atoms with Crippen molar-refractivity contribution < 1.29 is 4.79 Å². The number of carbonyl (C=O) groups is 1. The largest absolute Gasteiger partial charge is 0.354 e. The van der Waals surface area contributed by atoms with E-state index in [1.807, 2.05) is 18.0 Å². The number of carbonyl (C=O) groups excluding carboxylic acids is 1. The molecule has 0 fully saturated rings. The molecule has 1 aliphatic carbocycles. The average molecular weight is 296 g/mol. The first kappa shape index (κ1) is 14.5. The van der Waals surface area contributed by atoms with E-state index in [1.54, 1.807) is 18.5 Å². The summed E-state index contributed by atoms with van der Waals surface area (Å²) in [5, 5.41) is 3.07. The molecule has 1 aromatic carbocycles. The van der Waals surface area contributed by atoms with Crippen LogP contribution in [0.5, 0.6) is 0 Å². The highest BCUT2D eigenvalue weighted by atomic mass is 16.2. The molecule has 3 rings (SSSR count). The summed E-state index contributed by atoms with van der Waals surface area (Å²) in [5.74, 6) is 0.703. The van der Waals surface area contributed by atoms with Gasteiger partial charge < -0.3 is 10.2 Å². The second-order valence-electron chi connectivity index (χ2n) is 5.51. The zero-order chi connectivity index (χ0) is 15.4. The minimum absolute atomic E-state index is 0.144. The summed E-state index contributed by atoms with van der Waals surface area (Å²) in [7, 11) is 1.90. The summed E-state index contributed by atoms with van der Waals surface area (Å²) < 4.78 is 0. The van der Waals surface area contributed by atoms with Gasteiger partial charge in [0.05, 0.1) is 6.04 Å². The van der Waals surface area contributed by atoms with Gasteiger partial charge in [-0.3, -0.25) is 4.79 Å². The number of hydrogen-bond donors (Lipinski definition) is 1. The summed E-state index contributed by atoms with van der Waals surface area (Å²) in [4.78, 5) is 22.4. The quantitative estimate of drug-likeness (QED) is 0.920. The minimum atomic E-state index is 0.144. The molecule has 1 N–H and O–H groups in total. The lowest BCUT2D eigenvalue weighted by atomic mass is 10.1. The molecule has 1 aliphatic rings. The van der Waals surface area contributed by atoms with Crippen LogP contribution in [0, 0.1) is 0 Å². The summed E-state index contributed by atoms with van der Waals surface area (Å²) in [6.45, 7) is 0.543. The van der Waals surface area contributed by atoms with Gasteiger partial charge in [-0.15, -0.1) is 0 Å². The van der Waals surface area contributed by atoms with Crippen LogP contribution in [0.3, 0.4) is 0 Å². The molecule has 0 radical (unpaired) electrons. The van der Waals surface area contributed by atoms with Crippen LogP contribution in [0.1, 0.15) is 30.0 Å². The van der Waals surface area contributed by atoms with Gasteiger partial charge in [-0.2, -0.15) is 0 Å². The first-order chi connectivity index (χ1) is 10.8. The number of benzene rings is 1. The zero-order valence-electron chi connectivity index (χ0n) is 12.7. The minimum Gasteiger partial charge on any atom is -0.354 e. The molecule has 1 aromatic heterocycles. The predicted molar refractivity (Wildman–Crippen MR) is 85.4 cm³/mol. The molecule has 1 heterocycles. The Bertz CT molecular complexity index is 644. The Morgan fingerprint density at radius 3 is 2.86 bits per heavy atom. The van der Waals surface area contributed by atoms with Crippen LogP contribution in [0.2, 0.25) is 0 Å². The standard InChI is InChI=1S/C17H20N4O/c1-21(15-8-7-13-5-2-3-6-14(13)15)16(22)9-12-20-17-18-10-4-11-19-17/h2-6,10-11,15H,7-9,12H2,1H3,(H,18,19,20)/t15-/m1/s1. The molecule has 0 saturated heterocycles. The van der Waals surface area contributed by atoms with E-state index in [0.29, 0.717) is 18.9 Å². The van der Waals surface area contributed by atoms with Gasteiger partial charge in [0.25, 0.3) is 0 Å². The molecule has 0 unspecified atom stereocenters. The van der Waals surface area contributed by atoms with E-state index in [4.69, 9.17) is 0 Å².